The van der Waals surface area contributed by atoms with Crippen LogP contribution in [-0.2, 0) is 11.3 Å². The molecule has 4 heterocycles. The number of nitrogens with zero attached hydrogens (tertiary/aromatic N) is 3. The molecule has 2 aromatic heterocycles. The highest BCUT2D eigenvalue weighted by molar-refractivity contribution is 7.20. The predicted molar refractivity (Wildman–Crippen MR) is 102 cm³/mol. The molecule has 7 nitrogen and oxygen atoms in total. The smallest absolute Gasteiger partial charge is 0.410 e. The highest BCUT2D eigenvalue weighted by atomic mass is 32.1. The normalized spacial score (nSPS) is 22.6. The molecule has 27 heavy (non-hydrogen) atoms. The van der Waals surface area contributed by atoms with Crippen molar-refractivity contribution in [3.8, 4) is 0 Å². The zero-order valence-corrected chi connectivity index (χ0v) is 16.5. The van der Waals surface area contributed by atoms with Gasteiger partial charge in [0.1, 0.15) is 15.3 Å². The number of aromatic nitrogens is 1. The van der Waals surface area contributed by atoms with Crippen molar-refractivity contribution in [3.63, 3.8) is 0 Å². The number of hydrogen-bond acceptors (Lipinski definition) is 6. The second-order valence-corrected chi connectivity index (χ2v) is 9.25. The molecular formula is C19H23N3O4S. The molecule has 2 atom stereocenters. The van der Waals surface area contributed by atoms with Gasteiger partial charge in [-0.3, -0.25) is 4.90 Å². The number of fused-ring (bicyclic) bond motifs is 3. The van der Waals surface area contributed by atoms with Gasteiger partial charge < -0.3 is 14.7 Å². The van der Waals surface area contributed by atoms with E-state index in [2.05, 4.69) is 9.88 Å². The molecule has 1 amide bonds. The second-order valence-electron chi connectivity index (χ2n) is 8.22. The maximum Gasteiger partial charge on any atom is 0.410 e. The number of piperazine rings is 1. The van der Waals surface area contributed by atoms with E-state index in [-0.39, 0.29) is 12.1 Å². The summed E-state index contributed by atoms with van der Waals surface area (Å²) in [7, 11) is 0. The SMILES string of the molecule is CC(C)(C)OC(=O)N1C[C@H]2C[C@@H]1CN2Cc1ccc2cc(C(=O)O)sc2n1. The molecule has 0 saturated carbocycles. The molecule has 0 aliphatic carbocycles. The number of pyridine rings is 1. The minimum atomic E-state index is -0.918. The summed E-state index contributed by atoms with van der Waals surface area (Å²) in [6.45, 7) is 7.85. The van der Waals surface area contributed by atoms with E-state index in [1.807, 2.05) is 37.8 Å². The third kappa shape index (κ3) is 3.64. The van der Waals surface area contributed by atoms with Crippen molar-refractivity contribution in [2.75, 3.05) is 13.1 Å². The van der Waals surface area contributed by atoms with Crippen LogP contribution in [0.1, 0.15) is 42.6 Å². The van der Waals surface area contributed by atoms with Crippen molar-refractivity contribution < 1.29 is 19.4 Å². The number of carbonyl (C=O) groups excluding carboxylic acids is 1. The zero-order valence-electron chi connectivity index (χ0n) is 15.6. The van der Waals surface area contributed by atoms with Crippen LogP contribution in [-0.4, -0.2) is 62.7 Å². The minimum absolute atomic E-state index is 0.189. The van der Waals surface area contributed by atoms with Crippen molar-refractivity contribution in [2.24, 2.45) is 0 Å². The maximum atomic E-state index is 12.3. The molecule has 4 rings (SSSR count). The quantitative estimate of drug-likeness (QED) is 0.868. The molecule has 2 aliphatic heterocycles. The molecular weight excluding hydrogens is 366 g/mol. The van der Waals surface area contributed by atoms with Crippen molar-refractivity contribution in [1.29, 1.82) is 0 Å². The zero-order chi connectivity index (χ0) is 19.3. The summed E-state index contributed by atoms with van der Waals surface area (Å²) in [4.78, 5) is 33.4. The van der Waals surface area contributed by atoms with Crippen LogP contribution < -0.4 is 0 Å². The lowest BCUT2D eigenvalue weighted by Crippen LogP contribution is -2.49. The van der Waals surface area contributed by atoms with Crippen LogP contribution in [0.3, 0.4) is 0 Å². The van der Waals surface area contributed by atoms with Crippen LogP contribution in [0.4, 0.5) is 4.79 Å². The van der Waals surface area contributed by atoms with Crippen LogP contribution in [0.5, 0.6) is 0 Å². The number of ether oxygens (including phenoxy) is 1. The first-order valence-corrected chi connectivity index (χ1v) is 9.88. The molecule has 0 unspecified atom stereocenters. The standard InChI is InChI=1S/C19H23N3O4S/c1-19(2,3)26-18(25)22-10-13-7-14(22)9-21(13)8-12-5-4-11-6-15(17(23)24)27-16(11)20-12/h4-6,13-14H,7-10H2,1-3H3,(H,23,24)/t13-,14-/m1/s1. The fourth-order valence-electron chi connectivity index (χ4n) is 3.84. The van der Waals surface area contributed by atoms with Gasteiger partial charge in [-0.15, -0.1) is 11.3 Å². The molecule has 144 valence electrons. The molecule has 1 N–H and O–H groups in total. The summed E-state index contributed by atoms with van der Waals surface area (Å²) >= 11 is 1.20. The van der Waals surface area contributed by atoms with Gasteiger partial charge in [0.2, 0.25) is 0 Å². The number of amides is 1. The summed E-state index contributed by atoms with van der Waals surface area (Å²) < 4.78 is 5.51. The number of thiophene rings is 1. The Hall–Kier alpha value is -2.19. The fourth-order valence-corrected chi connectivity index (χ4v) is 4.73. The van der Waals surface area contributed by atoms with E-state index in [1.165, 1.54) is 11.3 Å². The molecule has 2 aromatic rings. The average Bonchev–Trinajstić information content (AvgIpc) is 3.25. The van der Waals surface area contributed by atoms with E-state index >= 15 is 0 Å². The van der Waals surface area contributed by atoms with Crippen LogP contribution in [0.25, 0.3) is 10.2 Å². The highest BCUT2D eigenvalue weighted by Crippen LogP contribution is 2.33. The van der Waals surface area contributed by atoms with Crippen LogP contribution in [0.15, 0.2) is 18.2 Å². The van der Waals surface area contributed by atoms with Gasteiger partial charge in [0.25, 0.3) is 0 Å². The van der Waals surface area contributed by atoms with Gasteiger partial charge in [-0.05, 0) is 39.3 Å². The average molecular weight is 389 g/mol. The third-order valence-electron chi connectivity index (χ3n) is 5.00. The van der Waals surface area contributed by atoms with E-state index in [0.29, 0.717) is 24.0 Å². The first kappa shape index (κ1) is 18.2. The summed E-state index contributed by atoms with van der Waals surface area (Å²) in [6, 6.07) is 6.06. The summed E-state index contributed by atoms with van der Waals surface area (Å²) in [5.74, 6) is -0.918. The van der Waals surface area contributed by atoms with Crippen LogP contribution >= 0.6 is 11.3 Å². The third-order valence-corrected chi connectivity index (χ3v) is 6.03. The summed E-state index contributed by atoms with van der Waals surface area (Å²) in [6.07, 6.45) is 0.734. The molecule has 2 bridgehead atoms. The largest absolute Gasteiger partial charge is 0.477 e. The number of rotatable bonds is 3. The first-order valence-electron chi connectivity index (χ1n) is 9.06. The lowest BCUT2D eigenvalue weighted by Gasteiger charge is -2.35. The number of likely N-dealkylation sites (tertiary alicyclic amines) is 2. The van der Waals surface area contributed by atoms with E-state index in [4.69, 9.17) is 9.84 Å². The van der Waals surface area contributed by atoms with E-state index < -0.39 is 11.6 Å². The number of aromatic carboxylic acids is 1. The summed E-state index contributed by atoms with van der Waals surface area (Å²) in [5, 5.41) is 9.99. The van der Waals surface area contributed by atoms with Gasteiger partial charge in [0.05, 0.1) is 5.69 Å². The fraction of sp³-hybridized carbons (Fsp3) is 0.526. The Morgan fingerprint density at radius 1 is 1.30 bits per heavy atom. The molecule has 2 saturated heterocycles. The Morgan fingerprint density at radius 3 is 2.70 bits per heavy atom. The molecule has 2 aliphatic rings. The minimum Gasteiger partial charge on any atom is -0.477 e. The number of carbonyl (C=O) groups is 2. The number of hydrogen-bond donors (Lipinski definition) is 1. The lowest BCUT2D eigenvalue weighted by atomic mass is 10.2. The lowest BCUT2D eigenvalue weighted by molar-refractivity contribution is 0.0123. The van der Waals surface area contributed by atoms with E-state index in [0.717, 1.165) is 28.9 Å². The second kappa shape index (κ2) is 6.45. The number of carboxylic acids is 1. The van der Waals surface area contributed by atoms with Gasteiger partial charge in [0, 0.05) is 37.1 Å². The monoisotopic (exact) mass is 389 g/mol. The molecule has 0 aromatic carbocycles. The van der Waals surface area contributed by atoms with Gasteiger partial charge >= 0.3 is 12.1 Å². The van der Waals surface area contributed by atoms with Crippen molar-refractivity contribution in [2.45, 2.75) is 51.4 Å². The van der Waals surface area contributed by atoms with Gasteiger partial charge in [-0.1, -0.05) is 6.07 Å². The van der Waals surface area contributed by atoms with Crippen LogP contribution in [0.2, 0.25) is 0 Å². The Labute approximate surface area is 161 Å². The molecule has 0 spiro atoms. The van der Waals surface area contributed by atoms with Gasteiger partial charge in [0.15, 0.2) is 0 Å². The van der Waals surface area contributed by atoms with Crippen molar-refractivity contribution >= 4 is 33.6 Å². The van der Waals surface area contributed by atoms with Gasteiger partial charge in [-0.2, -0.15) is 0 Å². The van der Waals surface area contributed by atoms with E-state index in [9.17, 15) is 9.59 Å². The molecule has 0 radical (unpaired) electrons. The molecule has 2 fully saturated rings. The first-order chi connectivity index (χ1) is 12.7. The predicted octanol–water partition coefficient (Wildman–Crippen LogP) is 3.19. The van der Waals surface area contributed by atoms with Crippen molar-refractivity contribution in [3.05, 3.63) is 28.8 Å². The Bertz CT molecular complexity index is 904. The van der Waals surface area contributed by atoms with Crippen molar-refractivity contribution in [1.82, 2.24) is 14.8 Å². The Morgan fingerprint density at radius 2 is 2.07 bits per heavy atom. The van der Waals surface area contributed by atoms with Gasteiger partial charge in [-0.25, -0.2) is 14.6 Å². The van der Waals surface area contributed by atoms with Crippen LogP contribution in [0, 0.1) is 0 Å². The topological polar surface area (TPSA) is 83.0 Å². The Kier molecular flexibility index (Phi) is 4.35. The maximum absolute atomic E-state index is 12.3. The highest BCUT2D eigenvalue weighted by Gasteiger charge is 2.46. The number of carboxylic acid groups (broad SMARTS) is 1. The Balaban J connectivity index is 1.42. The molecule has 8 heteroatoms. The van der Waals surface area contributed by atoms with E-state index in [1.54, 1.807) is 6.07 Å². The summed E-state index contributed by atoms with van der Waals surface area (Å²) in [5.41, 5.74) is 0.450.